The highest BCUT2D eigenvalue weighted by molar-refractivity contribution is 5.97. The van der Waals surface area contributed by atoms with Crippen LogP contribution in [-0.4, -0.2) is 27.8 Å². The molecule has 0 aliphatic carbocycles. The van der Waals surface area contributed by atoms with E-state index in [-0.39, 0.29) is 11.5 Å². The number of amides is 2. The number of hydrogen-bond donors (Lipinski definition) is 3. The van der Waals surface area contributed by atoms with E-state index in [0.717, 1.165) is 22.0 Å². The van der Waals surface area contributed by atoms with E-state index < -0.39 is 17.8 Å². The maximum Gasteiger partial charge on any atom is 0.251 e. The molecule has 1 atom stereocenters. The van der Waals surface area contributed by atoms with Gasteiger partial charge in [0.1, 0.15) is 11.9 Å². The maximum absolute atomic E-state index is 13.2. The van der Waals surface area contributed by atoms with Crippen LogP contribution in [0.1, 0.15) is 21.5 Å². The molecule has 0 spiro atoms. The summed E-state index contributed by atoms with van der Waals surface area (Å²) in [6.45, 7) is 0.318. The van der Waals surface area contributed by atoms with E-state index in [2.05, 4.69) is 20.6 Å². The van der Waals surface area contributed by atoms with Gasteiger partial charge in [0.15, 0.2) is 0 Å². The number of aromatic amines is 1. The summed E-state index contributed by atoms with van der Waals surface area (Å²) in [5.41, 5.74) is 3.06. The van der Waals surface area contributed by atoms with Crippen molar-refractivity contribution in [2.45, 2.75) is 19.0 Å². The molecule has 6 nitrogen and oxygen atoms in total. The molecule has 4 aromatic rings. The standard InChI is InChI=1S/C24H21FN4O2/c25-19-7-5-17(6-8-19)23(30)29-22(24(31)28-14-16-9-11-26-12-10-16)13-18-15-27-21-4-2-1-3-20(18)21/h1-12,15,22,27H,13-14H2,(H,28,31)(H,29,30)/t22-/m1/s1. The smallest absolute Gasteiger partial charge is 0.251 e. The second-order valence-corrected chi connectivity index (χ2v) is 7.17. The molecule has 7 heteroatoms. The molecule has 0 aliphatic heterocycles. The van der Waals surface area contributed by atoms with Crippen LogP contribution in [0.3, 0.4) is 0 Å². The summed E-state index contributed by atoms with van der Waals surface area (Å²) >= 11 is 0. The highest BCUT2D eigenvalue weighted by Gasteiger charge is 2.23. The van der Waals surface area contributed by atoms with Crippen molar-refractivity contribution >= 4 is 22.7 Å². The number of para-hydroxylation sites is 1. The summed E-state index contributed by atoms with van der Waals surface area (Å²) in [6, 6.07) is 15.8. The summed E-state index contributed by atoms with van der Waals surface area (Å²) in [5, 5.41) is 6.66. The Morgan fingerprint density at radius 1 is 1.00 bits per heavy atom. The minimum absolute atomic E-state index is 0.285. The van der Waals surface area contributed by atoms with Gasteiger partial charge in [0, 0.05) is 48.0 Å². The van der Waals surface area contributed by atoms with Crippen LogP contribution in [0.15, 0.2) is 79.3 Å². The Kier molecular flexibility index (Phi) is 6.03. The molecule has 31 heavy (non-hydrogen) atoms. The van der Waals surface area contributed by atoms with Crippen molar-refractivity contribution in [3.63, 3.8) is 0 Å². The first-order valence-corrected chi connectivity index (χ1v) is 9.88. The molecule has 156 valence electrons. The van der Waals surface area contributed by atoms with Gasteiger partial charge in [-0.1, -0.05) is 18.2 Å². The third kappa shape index (κ3) is 4.95. The molecule has 0 saturated carbocycles. The molecule has 2 amide bonds. The second-order valence-electron chi connectivity index (χ2n) is 7.17. The van der Waals surface area contributed by atoms with Crippen LogP contribution in [0, 0.1) is 5.82 Å². The summed E-state index contributed by atoms with van der Waals surface area (Å²) in [4.78, 5) is 32.8. The van der Waals surface area contributed by atoms with Crippen molar-refractivity contribution in [1.29, 1.82) is 0 Å². The van der Waals surface area contributed by atoms with Crippen LogP contribution in [0.5, 0.6) is 0 Å². The van der Waals surface area contributed by atoms with E-state index >= 15 is 0 Å². The summed E-state index contributed by atoms with van der Waals surface area (Å²) in [7, 11) is 0. The topological polar surface area (TPSA) is 86.9 Å². The fourth-order valence-corrected chi connectivity index (χ4v) is 3.39. The highest BCUT2D eigenvalue weighted by atomic mass is 19.1. The number of H-pyrrole nitrogens is 1. The number of pyridine rings is 1. The van der Waals surface area contributed by atoms with E-state index in [1.54, 1.807) is 12.4 Å². The van der Waals surface area contributed by atoms with Crippen molar-refractivity contribution in [2.75, 3.05) is 0 Å². The Morgan fingerprint density at radius 2 is 1.74 bits per heavy atom. The largest absolute Gasteiger partial charge is 0.361 e. The Hall–Kier alpha value is -4.00. The summed E-state index contributed by atoms with van der Waals surface area (Å²) < 4.78 is 13.2. The zero-order chi connectivity index (χ0) is 21.6. The fraction of sp³-hybridized carbons (Fsp3) is 0.125. The number of carbonyl (C=O) groups excluding carboxylic acids is 2. The quantitative estimate of drug-likeness (QED) is 0.432. The zero-order valence-corrected chi connectivity index (χ0v) is 16.6. The van der Waals surface area contributed by atoms with Gasteiger partial charge >= 0.3 is 0 Å². The highest BCUT2D eigenvalue weighted by Crippen LogP contribution is 2.19. The van der Waals surface area contributed by atoms with Gasteiger partial charge in [0.25, 0.3) is 5.91 Å². The average Bonchev–Trinajstić information content (AvgIpc) is 3.21. The minimum Gasteiger partial charge on any atom is -0.361 e. The zero-order valence-electron chi connectivity index (χ0n) is 16.6. The monoisotopic (exact) mass is 416 g/mol. The molecule has 0 saturated heterocycles. The Morgan fingerprint density at radius 3 is 2.52 bits per heavy atom. The van der Waals surface area contributed by atoms with Gasteiger partial charge in [-0.3, -0.25) is 14.6 Å². The Bertz CT molecular complexity index is 1190. The van der Waals surface area contributed by atoms with Gasteiger partial charge in [-0.25, -0.2) is 4.39 Å². The van der Waals surface area contributed by atoms with E-state index in [9.17, 15) is 14.0 Å². The van der Waals surface area contributed by atoms with Gasteiger partial charge in [-0.05, 0) is 53.6 Å². The maximum atomic E-state index is 13.2. The lowest BCUT2D eigenvalue weighted by Gasteiger charge is -2.18. The molecular formula is C24H21FN4O2. The number of nitrogens with one attached hydrogen (secondary N) is 3. The lowest BCUT2D eigenvalue weighted by molar-refractivity contribution is -0.123. The Balaban J connectivity index is 1.54. The van der Waals surface area contributed by atoms with Crippen LogP contribution < -0.4 is 10.6 Å². The lowest BCUT2D eigenvalue weighted by Crippen LogP contribution is -2.47. The van der Waals surface area contributed by atoms with Crippen molar-refractivity contribution in [2.24, 2.45) is 0 Å². The number of carbonyl (C=O) groups is 2. The van der Waals surface area contributed by atoms with Crippen LogP contribution in [0.4, 0.5) is 4.39 Å². The second kappa shape index (κ2) is 9.21. The van der Waals surface area contributed by atoms with Gasteiger partial charge in [-0.2, -0.15) is 0 Å². The molecular weight excluding hydrogens is 395 g/mol. The first kappa shape index (κ1) is 20.3. The molecule has 0 bridgehead atoms. The van der Waals surface area contributed by atoms with Crippen LogP contribution in [0.25, 0.3) is 10.9 Å². The number of aromatic nitrogens is 2. The van der Waals surface area contributed by atoms with Gasteiger partial charge in [0.2, 0.25) is 5.91 Å². The molecule has 0 radical (unpaired) electrons. The molecule has 2 aromatic heterocycles. The van der Waals surface area contributed by atoms with Crippen molar-refractivity contribution < 1.29 is 14.0 Å². The SMILES string of the molecule is O=C(N[C@H](Cc1c[nH]c2ccccc12)C(=O)NCc1ccncc1)c1ccc(F)cc1. The fourth-order valence-electron chi connectivity index (χ4n) is 3.39. The van der Waals surface area contributed by atoms with Crippen LogP contribution >= 0.6 is 0 Å². The average molecular weight is 416 g/mol. The number of hydrogen-bond acceptors (Lipinski definition) is 3. The third-order valence-corrected chi connectivity index (χ3v) is 5.04. The normalized spacial score (nSPS) is 11.8. The van der Waals surface area contributed by atoms with Crippen molar-refractivity contribution in [3.05, 3.63) is 102 Å². The lowest BCUT2D eigenvalue weighted by atomic mass is 10.0. The molecule has 0 fully saturated rings. The molecule has 0 aliphatic rings. The van der Waals surface area contributed by atoms with Gasteiger partial charge < -0.3 is 15.6 Å². The third-order valence-electron chi connectivity index (χ3n) is 5.04. The van der Waals surface area contributed by atoms with E-state index in [1.165, 1.54) is 24.3 Å². The van der Waals surface area contributed by atoms with E-state index in [4.69, 9.17) is 0 Å². The van der Waals surface area contributed by atoms with Crippen LogP contribution in [-0.2, 0) is 17.8 Å². The van der Waals surface area contributed by atoms with E-state index in [0.29, 0.717) is 13.0 Å². The van der Waals surface area contributed by atoms with Crippen molar-refractivity contribution in [1.82, 2.24) is 20.6 Å². The summed E-state index contributed by atoms with van der Waals surface area (Å²) in [6.07, 6.45) is 5.46. The number of benzene rings is 2. The number of fused-ring (bicyclic) bond motifs is 1. The van der Waals surface area contributed by atoms with Gasteiger partial charge in [-0.15, -0.1) is 0 Å². The first-order chi connectivity index (χ1) is 15.1. The summed E-state index contributed by atoms with van der Waals surface area (Å²) in [5.74, 6) is -1.18. The molecule has 2 aromatic carbocycles. The molecule has 2 heterocycles. The molecule has 4 rings (SSSR count). The predicted octanol–water partition coefficient (Wildman–Crippen LogP) is 3.36. The number of nitrogens with zero attached hydrogens (tertiary/aromatic N) is 1. The van der Waals surface area contributed by atoms with Crippen LogP contribution in [0.2, 0.25) is 0 Å². The van der Waals surface area contributed by atoms with Gasteiger partial charge in [0.05, 0.1) is 0 Å². The minimum atomic E-state index is -0.807. The molecule has 3 N–H and O–H groups in total. The molecule has 0 unspecified atom stereocenters. The first-order valence-electron chi connectivity index (χ1n) is 9.88. The number of rotatable bonds is 7. The van der Waals surface area contributed by atoms with Crippen molar-refractivity contribution in [3.8, 4) is 0 Å². The van der Waals surface area contributed by atoms with E-state index in [1.807, 2.05) is 42.6 Å². The predicted molar refractivity (Wildman–Crippen MR) is 116 cm³/mol. The number of halogens is 1. The Labute approximate surface area is 178 Å².